The van der Waals surface area contributed by atoms with Gasteiger partial charge >= 0.3 is 5.97 Å². The van der Waals surface area contributed by atoms with Crippen LogP contribution in [0.4, 0.5) is 0 Å². The van der Waals surface area contributed by atoms with Crippen molar-refractivity contribution in [3.8, 4) is 0 Å². The van der Waals surface area contributed by atoms with Gasteiger partial charge in [0.1, 0.15) is 5.60 Å². The number of allylic oxidation sites excluding steroid dienone is 1. The minimum Gasteiger partial charge on any atom is -0.457 e. The highest BCUT2D eigenvalue weighted by atomic mass is 16.6. The van der Waals surface area contributed by atoms with Crippen LogP contribution in [0.25, 0.3) is 16.5 Å². The summed E-state index contributed by atoms with van der Waals surface area (Å²) in [5, 5.41) is 1.23. The van der Waals surface area contributed by atoms with Crippen molar-refractivity contribution in [2.45, 2.75) is 45.8 Å². The van der Waals surface area contributed by atoms with Crippen molar-refractivity contribution in [1.29, 1.82) is 0 Å². The molecule has 0 bridgehead atoms. The molecule has 2 aromatic rings. The summed E-state index contributed by atoms with van der Waals surface area (Å²) >= 11 is 0. The number of benzene rings is 1. The fourth-order valence-corrected chi connectivity index (χ4v) is 2.89. The maximum Gasteiger partial charge on any atom is 0.331 e. The largest absolute Gasteiger partial charge is 0.457 e. The van der Waals surface area contributed by atoms with Gasteiger partial charge in [-0.2, -0.15) is 0 Å². The summed E-state index contributed by atoms with van der Waals surface area (Å²) in [6, 6.07) is 10.5. The van der Waals surface area contributed by atoms with E-state index in [1.165, 1.54) is 10.9 Å². The van der Waals surface area contributed by atoms with Crippen LogP contribution >= 0.6 is 0 Å². The Kier molecular flexibility index (Phi) is 3.36. The van der Waals surface area contributed by atoms with Crippen LogP contribution < -0.4 is 0 Å². The lowest BCUT2D eigenvalue weighted by Gasteiger charge is -2.21. The molecule has 3 heteroatoms. The van der Waals surface area contributed by atoms with E-state index in [-0.39, 0.29) is 5.97 Å². The zero-order valence-electron chi connectivity index (χ0n) is 12.8. The van der Waals surface area contributed by atoms with Gasteiger partial charge in [-0.15, -0.1) is 0 Å². The minimum atomic E-state index is -0.449. The average molecular weight is 283 g/mol. The molecule has 0 saturated carbocycles. The molecule has 1 aromatic carbocycles. The predicted molar refractivity (Wildman–Crippen MR) is 85.0 cm³/mol. The first-order chi connectivity index (χ1) is 9.94. The van der Waals surface area contributed by atoms with Crippen molar-refractivity contribution in [3.05, 3.63) is 42.1 Å². The van der Waals surface area contributed by atoms with Gasteiger partial charge < -0.3 is 9.30 Å². The van der Waals surface area contributed by atoms with Crippen LogP contribution in [0.5, 0.6) is 0 Å². The molecule has 0 amide bonds. The number of para-hydroxylation sites is 1. The number of hydrogen-bond donors (Lipinski definition) is 0. The molecular weight excluding hydrogens is 262 g/mol. The molecular formula is C18H21NO2. The molecule has 1 aliphatic heterocycles. The summed E-state index contributed by atoms with van der Waals surface area (Å²) in [6.45, 7) is 6.68. The van der Waals surface area contributed by atoms with Crippen LogP contribution in [-0.2, 0) is 16.1 Å². The van der Waals surface area contributed by atoms with Crippen LogP contribution in [0, 0.1) is 0 Å². The highest BCUT2D eigenvalue weighted by Crippen LogP contribution is 2.32. The monoisotopic (exact) mass is 283 g/mol. The standard InChI is InChI=1S/C18H21NO2/c1-18(2,3)21-17(20)12-14-8-6-10-19-15-9-5-4-7-13(15)11-16(14)19/h4-5,7,9,11-12H,6,8,10H2,1-3H3. The third kappa shape index (κ3) is 2.87. The summed E-state index contributed by atoms with van der Waals surface area (Å²) in [5.74, 6) is -0.254. The van der Waals surface area contributed by atoms with Crippen molar-refractivity contribution >= 4 is 22.4 Å². The van der Waals surface area contributed by atoms with Gasteiger partial charge in [-0.05, 0) is 51.3 Å². The Bertz CT molecular complexity index is 716. The predicted octanol–water partition coefficient (Wildman–Crippen LogP) is 4.16. The summed E-state index contributed by atoms with van der Waals surface area (Å²) in [5.41, 5.74) is 3.01. The van der Waals surface area contributed by atoms with Crippen molar-refractivity contribution in [3.63, 3.8) is 0 Å². The van der Waals surface area contributed by atoms with E-state index in [1.807, 2.05) is 26.8 Å². The van der Waals surface area contributed by atoms with Gasteiger partial charge in [0.25, 0.3) is 0 Å². The van der Waals surface area contributed by atoms with Crippen LogP contribution in [0.15, 0.2) is 36.4 Å². The second-order valence-corrected chi connectivity index (χ2v) is 6.55. The molecule has 0 saturated heterocycles. The van der Waals surface area contributed by atoms with Gasteiger partial charge in [-0.3, -0.25) is 0 Å². The Hall–Kier alpha value is -2.03. The first-order valence-corrected chi connectivity index (χ1v) is 7.46. The maximum absolute atomic E-state index is 12.0. The zero-order valence-corrected chi connectivity index (χ0v) is 12.8. The lowest BCUT2D eigenvalue weighted by atomic mass is 10.0. The summed E-state index contributed by atoms with van der Waals surface area (Å²) < 4.78 is 7.71. The van der Waals surface area contributed by atoms with Crippen LogP contribution in [-0.4, -0.2) is 16.1 Å². The molecule has 0 radical (unpaired) electrons. The zero-order chi connectivity index (χ0) is 15.0. The third-order valence-electron chi connectivity index (χ3n) is 3.67. The lowest BCUT2D eigenvalue weighted by Crippen LogP contribution is -2.23. The van der Waals surface area contributed by atoms with Crippen molar-refractivity contribution in [1.82, 2.24) is 4.57 Å². The van der Waals surface area contributed by atoms with Gasteiger partial charge in [0.2, 0.25) is 0 Å². The Balaban J connectivity index is 1.99. The number of ether oxygens (including phenoxy) is 1. The van der Waals surface area contributed by atoms with E-state index >= 15 is 0 Å². The topological polar surface area (TPSA) is 31.2 Å². The van der Waals surface area contributed by atoms with Crippen molar-refractivity contribution in [2.75, 3.05) is 0 Å². The Labute approximate surface area is 125 Å². The fourth-order valence-electron chi connectivity index (χ4n) is 2.89. The summed E-state index contributed by atoms with van der Waals surface area (Å²) in [7, 11) is 0. The molecule has 0 spiro atoms. The number of esters is 1. The molecule has 0 atom stereocenters. The molecule has 21 heavy (non-hydrogen) atoms. The molecule has 3 nitrogen and oxygen atoms in total. The van der Waals surface area contributed by atoms with Gasteiger partial charge in [0.15, 0.2) is 0 Å². The molecule has 0 aliphatic carbocycles. The number of hydrogen-bond acceptors (Lipinski definition) is 2. The molecule has 3 rings (SSSR count). The van der Waals surface area contributed by atoms with E-state index in [4.69, 9.17) is 4.74 Å². The SMILES string of the molecule is CC(C)(C)OC(=O)C=C1CCCn2c1cc1ccccc12. The van der Waals surface area contributed by atoms with E-state index in [2.05, 4.69) is 28.8 Å². The van der Waals surface area contributed by atoms with Gasteiger partial charge in [-0.25, -0.2) is 4.79 Å². The number of aromatic nitrogens is 1. The molecule has 110 valence electrons. The number of nitrogens with zero attached hydrogens (tertiary/aromatic N) is 1. The maximum atomic E-state index is 12.0. The molecule has 1 aromatic heterocycles. The summed E-state index contributed by atoms with van der Waals surface area (Å²) in [6.07, 6.45) is 3.64. The molecule has 1 aliphatic rings. The van der Waals surface area contributed by atoms with Crippen LogP contribution in [0.1, 0.15) is 39.3 Å². The van der Waals surface area contributed by atoms with E-state index in [9.17, 15) is 4.79 Å². The molecule has 0 unspecified atom stereocenters. The summed E-state index contributed by atoms with van der Waals surface area (Å²) in [4.78, 5) is 12.0. The van der Waals surface area contributed by atoms with Crippen molar-refractivity contribution in [2.24, 2.45) is 0 Å². The second kappa shape index (κ2) is 5.06. The van der Waals surface area contributed by atoms with Crippen LogP contribution in [0.3, 0.4) is 0 Å². The first-order valence-electron chi connectivity index (χ1n) is 7.46. The second-order valence-electron chi connectivity index (χ2n) is 6.55. The van der Waals surface area contributed by atoms with E-state index in [1.54, 1.807) is 6.08 Å². The quantitative estimate of drug-likeness (QED) is 0.581. The third-order valence-corrected chi connectivity index (χ3v) is 3.67. The molecule has 2 heterocycles. The number of rotatable bonds is 1. The van der Waals surface area contributed by atoms with Crippen LogP contribution in [0.2, 0.25) is 0 Å². The smallest absolute Gasteiger partial charge is 0.331 e. The molecule has 0 fully saturated rings. The highest BCUT2D eigenvalue weighted by molar-refractivity contribution is 5.94. The number of carbonyl (C=O) groups excluding carboxylic acids is 1. The number of carbonyl (C=O) groups is 1. The van der Waals surface area contributed by atoms with E-state index in [0.717, 1.165) is 30.7 Å². The first kappa shape index (κ1) is 13.9. The number of fused-ring (bicyclic) bond motifs is 3. The lowest BCUT2D eigenvalue weighted by molar-refractivity contribution is -0.148. The van der Waals surface area contributed by atoms with E-state index < -0.39 is 5.60 Å². The normalized spacial score (nSPS) is 17.0. The van der Waals surface area contributed by atoms with E-state index in [0.29, 0.717) is 0 Å². The number of aryl methyl sites for hydroxylation is 1. The average Bonchev–Trinajstić information content (AvgIpc) is 2.76. The van der Waals surface area contributed by atoms with Gasteiger partial charge in [-0.1, -0.05) is 18.2 Å². The Morgan fingerprint density at radius 1 is 1.29 bits per heavy atom. The van der Waals surface area contributed by atoms with Gasteiger partial charge in [0, 0.05) is 29.2 Å². The minimum absolute atomic E-state index is 0.254. The van der Waals surface area contributed by atoms with Crippen molar-refractivity contribution < 1.29 is 9.53 Å². The molecule has 0 N–H and O–H groups in total. The highest BCUT2D eigenvalue weighted by Gasteiger charge is 2.20. The fraction of sp³-hybridized carbons (Fsp3) is 0.389. The Morgan fingerprint density at radius 3 is 2.81 bits per heavy atom. The Morgan fingerprint density at radius 2 is 2.05 bits per heavy atom. The van der Waals surface area contributed by atoms with Gasteiger partial charge in [0.05, 0.1) is 0 Å².